The van der Waals surface area contributed by atoms with Gasteiger partial charge in [0, 0.05) is 26.9 Å². The Kier molecular flexibility index (Phi) is 8.87. The number of anilines is 1. The van der Waals surface area contributed by atoms with Crippen molar-refractivity contribution in [3.05, 3.63) is 18.1 Å². The van der Waals surface area contributed by atoms with Gasteiger partial charge in [0.15, 0.2) is 0 Å². The molecule has 1 aromatic rings. The molecule has 108 valence electrons. The van der Waals surface area contributed by atoms with Crippen LogP contribution in [-0.4, -0.2) is 50.1 Å². The van der Waals surface area contributed by atoms with Crippen LogP contribution in [0.4, 0.5) is 5.82 Å². The number of methoxy groups -OCH3 is 1. The van der Waals surface area contributed by atoms with E-state index in [1.165, 1.54) is 0 Å². The van der Waals surface area contributed by atoms with Crippen molar-refractivity contribution in [3.8, 4) is 0 Å². The van der Waals surface area contributed by atoms with E-state index in [9.17, 15) is 0 Å². The molecule has 0 bridgehead atoms. The van der Waals surface area contributed by atoms with Gasteiger partial charge in [-0.05, 0) is 13.3 Å². The van der Waals surface area contributed by atoms with E-state index in [0.717, 1.165) is 31.1 Å². The molecule has 0 saturated carbocycles. The van der Waals surface area contributed by atoms with Gasteiger partial charge < -0.3 is 19.5 Å². The molecule has 0 atom stereocenters. The Morgan fingerprint density at radius 1 is 1.05 bits per heavy atom. The quantitative estimate of drug-likeness (QED) is 0.614. The van der Waals surface area contributed by atoms with Crippen molar-refractivity contribution in [2.75, 3.05) is 45.4 Å². The van der Waals surface area contributed by atoms with Crippen LogP contribution >= 0.6 is 0 Å². The third-order valence-electron chi connectivity index (χ3n) is 2.32. The number of nitrogens with one attached hydrogen (secondary N) is 1. The number of nitrogens with zero attached hydrogens (tertiary/aromatic N) is 2. The zero-order valence-corrected chi connectivity index (χ0v) is 11.7. The highest BCUT2D eigenvalue weighted by Crippen LogP contribution is 2.01. The van der Waals surface area contributed by atoms with E-state index >= 15 is 0 Å². The topological polar surface area (TPSA) is 65.5 Å². The van der Waals surface area contributed by atoms with Crippen molar-refractivity contribution in [2.45, 2.75) is 20.0 Å². The Morgan fingerprint density at radius 3 is 2.58 bits per heavy atom. The zero-order valence-electron chi connectivity index (χ0n) is 11.7. The molecule has 6 heteroatoms. The summed E-state index contributed by atoms with van der Waals surface area (Å²) in [7, 11) is 1.69. The van der Waals surface area contributed by atoms with Crippen LogP contribution in [-0.2, 0) is 20.8 Å². The van der Waals surface area contributed by atoms with Crippen LogP contribution in [0.2, 0.25) is 0 Å². The van der Waals surface area contributed by atoms with Crippen LogP contribution in [0.15, 0.2) is 12.4 Å². The first-order chi connectivity index (χ1) is 9.36. The summed E-state index contributed by atoms with van der Waals surface area (Å²) in [5.41, 5.74) is 0.820. The van der Waals surface area contributed by atoms with Gasteiger partial charge in [0.25, 0.3) is 0 Å². The molecule has 0 saturated heterocycles. The first-order valence-corrected chi connectivity index (χ1v) is 6.56. The van der Waals surface area contributed by atoms with E-state index in [-0.39, 0.29) is 0 Å². The van der Waals surface area contributed by atoms with E-state index in [4.69, 9.17) is 14.2 Å². The molecular weight excluding hydrogens is 246 g/mol. The molecule has 0 fully saturated rings. The van der Waals surface area contributed by atoms with E-state index in [1.54, 1.807) is 19.5 Å². The lowest BCUT2D eigenvalue weighted by atomic mass is 10.4. The van der Waals surface area contributed by atoms with Crippen molar-refractivity contribution in [2.24, 2.45) is 0 Å². The minimum atomic E-state index is 0.459. The molecule has 0 amide bonds. The lowest BCUT2D eigenvalue weighted by Crippen LogP contribution is -2.07. The normalized spacial score (nSPS) is 10.6. The smallest absolute Gasteiger partial charge is 0.144 e. The summed E-state index contributed by atoms with van der Waals surface area (Å²) < 4.78 is 15.7. The molecule has 0 aliphatic carbocycles. The van der Waals surface area contributed by atoms with Crippen molar-refractivity contribution in [1.82, 2.24) is 9.97 Å². The van der Waals surface area contributed by atoms with E-state index in [1.807, 2.05) is 6.92 Å². The maximum atomic E-state index is 5.45. The standard InChI is InChI=1S/C13H23N3O3/c1-3-14-13-10-15-12(9-16-13)11-19-8-7-18-6-4-5-17-2/h9-10H,3-8,11H2,1-2H3,(H,14,16). The summed E-state index contributed by atoms with van der Waals surface area (Å²) in [6.07, 6.45) is 4.34. The van der Waals surface area contributed by atoms with Crippen LogP contribution < -0.4 is 5.32 Å². The van der Waals surface area contributed by atoms with Gasteiger partial charge in [-0.1, -0.05) is 0 Å². The molecule has 0 aliphatic heterocycles. The van der Waals surface area contributed by atoms with Gasteiger partial charge in [-0.25, -0.2) is 4.98 Å². The van der Waals surface area contributed by atoms with Gasteiger partial charge in [0.1, 0.15) is 5.82 Å². The average Bonchev–Trinajstić information content (AvgIpc) is 2.44. The molecule has 0 aliphatic rings. The molecule has 0 radical (unpaired) electrons. The van der Waals surface area contributed by atoms with E-state index in [0.29, 0.717) is 26.4 Å². The first kappa shape index (κ1) is 15.8. The average molecular weight is 269 g/mol. The fraction of sp³-hybridized carbons (Fsp3) is 0.692. The first-order valence-electron chi connectivity index (χ1n) is 6.56. The predicted molar refractivity (Wildman–Crippen MR) is 73.2 cm³/mol. The van der Waals surface area contributed by atoms with Crippen LogP contribution in [0.25, 0.3) is 0 Å². The summed E-state index contributed by atoms with van der Waals surface area (Å²) in [5.74, 6) is 0.785. The van der Waals surface area contributed by atoms with Crippen LogP contribution in [0.5, 0.6) is 0 Å². The van der Waals surface area contributed by atoms with Crippen molar-refractivity contribution in [3.63, 3.8) is 0 Å². The van der Waals surface area contributed by atoms with Crippen LogP contribution in [0, 0.1) is 0 Å². The second-order valence-corrected chi connectivity index (χ2v) is 3.93. The highest BCUT2D eigenvalue weighted by molar-refractivity contribution is 5.30. The number of ether oxygens (including phenoxy) is 3. The second-order valence-electron chi connectivity index (χ2n) is 3.93. The minimum absolute atomic E-state index is 0.459. The number of hydrogen-bond donors (Lipinski definition) is 1. The number of rotatable bonds is 11. The third kappa shape index (κ3) is 7.71. The lowest BCUT2D eigenvalue weighted by molar-refractivity contribution is 0.0327. The van der Waals surface area contributed by atoms with Gasteiger partial charge in [-0.2, -0.15) is 0 Å². The summed E-state index contributed by atoms with van der Waals surface area (Å²) in [5, 5.41) is 3.09. The Bertz CT molecular complexity index is 319. The molecule has 6 nitrogen and oxygen atoms in total. The van der Waals surface area contributed by atoms with Crippen LogP contribution in [0.1, 0.15) is 19.0 Å². The molecule has 0 aromatic carbocycles. The van der Waals surface area contributed by atoms with Gasteiger partial charge in [-0.15, -0.1) is 0 Å². The van der Waals surface area contributed by atoms with Gasteiger partial charge >= 0.3 is 0 Å². The predicted octanol–water partition coefficient (Wildman–Crippen LogP) is 1.48. The molecule has 0 spiro atoms. The molecule has 1 aromatic heterocycles. The highest BCUT2D eigenvalue weighted by Gasteiger charge is 1.97. The number of hydrogen-bond acceptors (Lipinski definition) is 6. The van der Waals surface area contributed by atoms with Crippen molar-refractivity contribution in [1.29, 1.82) is 0 Å². The fourth-order valence-electron chi connectivity index (χ4n) is 1.40. The van der Waals surface area contributed by atoms with Crippen molar-refractivity contribution < 1.29 is 14.2 Å². The fourth-order valence-corrected chi connectivity index (χ4v) is 1.40. The zero-order chi connectivity index (χ0) is 13.8. The highest BCUT2D eigenvalue weighted by atomic mass is 16.5. The number of aromatic nitrogens is 2. The van der Waals surface area contributed by atoms with E-state index in [2.05, 4.69) is 15.3 Å². The Labute approximate surface area is 114 Å². The summed E-state index contributed by atoms with van der Waals surface area (Å²) in [6.45, 7) is 5.90. The maximum absolute atomic E-state index is 5.45. The van der Waals surface area contributed by atoms with Crippen LogP contribution in [0.3, 0.4) is 0 Å². The largest absolute Gasteiger partial charge is 0.385 e. The summed E-state index contributed by atoms with van der Waals surface area (Å²) in [4.78, 5) is 8.47. The third-order valence-corrected chi connectivity index (χ3v) is 2.32. The molecule has 0 unspecified atom stereocenters. The Hall–Kier alpha value is -1.24. The molecular formula is C13H23N3O3. The Balaban J connectivity index is 2.02. The Morgan fingerprint density at radius 2 is 1.89 bits per heavy atom. The molecule has 1 rings (SSSR count). The molecule has 19 heavy (non-hydrogen) atoms. The molecule has 1 N–H and O–H groups in total. The summed E-state index contributed by atoms with van der Waals surface area (Å²) >= 11 is 0. The van der Waals surface area contributed by atoms with Crippen molar-refractivity contribution >= 4 is 5.82 Å². The monoisotopic (exact) mass is 269 g/mol. The van der Waals surface area contributed by atoms with E-state index < -0.39 is 0 Å². The SMILES string of the molecule is CCNc1cnc(COCCOCCCOC)cn1. The second kappa shape index (κ2) is 10.7. The minimum Gasteiger partial charge on any atom is -0.385 e. The van der Waals surface area contributed by atoms with Gasteiger partial charge in [-0.3, -0.25) is 4.98 Å². The van der Waals surface area contributed by atoms with Gasteiger partial charge in [0.05, 0.1) is 37.9 Å². The summed E-state index contributed by atoms with van der Waals surface area (Å²) in [6, 6.07) is 0. The van der Waals surface area contributed by atoms with Gasteiger partial charge in [0.2, 0.25) is 0 Å². The lowest BCUT2D eigenvalue weighted by Gasteiger charge is -2.06. The molecule has 1 heterocycles. The maximum Gasteiger partial charge on any atom is 0.144 e.